The second kappa shape index (κ2) is 6.65. The molecule has 0 unspecified atom stereocenters. The first-order valence-electron chi connectivity index (χ1n) is 6.77. The highest BCUT2D eigenvalue weighted by Crippen LogP contribution is 2.19. The minimum absolute atomic E-state index is 0.399. The van der Waals surface area contributed by atoms with E-state index in [2.05, 4.69) is 14.8 Å². The minimum atomic E-state index is -0.399. The van der Waals surface area contributed by atoms with Crippen molar-refractivity contribution in [1.82, 2.24) is 14.8 Å². The molecule has 0 N–H and O–H groups in total. The van der Waals surface area contributed by atoms with Gasteiger partial charge in [0.1, 0.15) is 0 Å². The van der Waals surface area contributed by atoms with E-state index in [1.165, 1.54) is 13.3 Å². The van der Waals surface area contributed by atoms with Crippen LogP contribution in [0.1, 0.15) is 24.2 Å². The van der Waals surface area contributed by atoms with Crippen molar-refractivity contribution in [3.05, 3.63) is 54.5 Å². The lowest BCUT2D eigenvalue weighted by Crippen LogP contribution is -2.00. The number of rotatable bonds is 2. The van der Waals surface area contributed by atoms with E-state index in [-0.39, 0.29) is 0 Å². The van der Waals surface area contributed by atoms with Gasteiger partial charge in [-0.25, -0.2) is 9.48 Å². The third kappa shape index (κ3) is 2.91. The molecule has 3 aromatic rings. The number of hydrogen-bond donors (Lipinski definition) is 0. The van der Waals surface area contributed by atoms with E-state index in [4.69, 9.17) is 0 Å². The van der Waals surface area contributed by atoms with Crippen LogP contribution in [0.5, 0.6) is 0 Å². The van der Waals surface area contributed by atoms with Crippen molar-refractivity contribution in [1.29, 1.82) is 0 Å². The zero-order chi connectivity index (χ0) is 15.2. The summed E-state index contributed by atoms with van der Waals surface area (Å²) in [7, 11) is 1.35. The van der Waals surface area contributed by atoms with Gasteiger partial charge in [-0.15, -0.1) is 0 Å². The molecule has 0 atom stereocenters. The molecule has 0 radical (unpaired) electrons. The van der Waals surface area contributed by atoms with Gasteiger partial charge in [-0.1, -0.05) is 32.0 Å². The predicted molar refractivity (Wildman–Crippen MR) is 81.6 cm³/mol. The number of ether oxygens (including phenoxy) is 1. The summed E-state index contributed by atoms with van der Waals surface area (Å²) in [6.07, 6.45) is 4.85. The normalized spacial score (nSPS) is 9.86. The molecule has 0 bridgehead atoms. The molecule has 5 heteroatoms. The van der Waals surface area contributed by atoms with Gasteiger partial charge in [-0.05, 0) is 12.1 Å². The predicted octanol–water partition coefficient (Wildman–Crippen LogP) is 3.23. The van der Waals surface area contributed by atoms with Crippen molar-refractivity contribution in [2.75, 3.05) is 7.11 Å². The van der Waals surface area contributed by atoms with E-state index in [0.717, 1.165) is 16.6 Å². The molecule has 1 aromatic carbocycles. The fourth-order valence-corrected chi connectivity index (χ4v) is 1.96. The maximum Gasteiger partial charge on any atom is 0.341 e. The van der Waals surface area contributed by atoms with Crippen LogP contribution in [0.25, 0.3) is 16.6 Å². The summed E-state index contributed by atoms with van der Waals surface area (Å²) in [5, 5.41) is 5.17. The fourth-order valence-electron chi connectivity index (χ4n) is 1.96. The Labute approximate surface area is 123 Å². The summed E-state index contributed by atoms with van der Waals surface area (Å²) in [6, 6.07) is 9.64. The van der Waals surface area contributed by atoms with Gasteiger partial charge in [0.25, 0.3) is 0 Å². The van der Waals surface area contributed by atoms with Gasteiger partial charge < -0.3 is 4.74 Å². The number of methoxy groups -OCH3 is 1. The van der Waals surface area contributed by atoms with Crippen LogP contribution in [0.3, 0.4) is 0 Å². The first-order valence-corrected chi connectivity index (χ1v) is 6.77. The number of carbonyl (C=O) groups excluding carboxylic acids is 1. The average Bonchev–Trinajstić information content (AvgIpc) is 3.05. The zero-order valence-corrected chi connectivity index (χ0v) is 12.3. The monoisotopic (exact) mass is 283 g/mol. The van der Waals surface area contributed by atoms with Gasteiger partial charge in [0.05, 0.1) is 30.1 Å². The summed E-state index contributed by atoms with van der Waals surface area (Å²) < 4.78 is 6.32. The summed E-state index contributed by atoms with van der Waals surface area (Å²) in [5.41, 5.74) is 2.18. The van der Waals surface area contributed by atoms with Crippen molar-refractivity contribution >= 4 is 16.9 Å². The van der Waals surface area contributed by atoms with Gasteiger partial charge in [-0.2, -0.15) is 5.10 Å². The lowest BCUT2D eigenvalue weighted by atomic mass is 10.2. The first kappa shape index (κ1) is 14.7. The first-order chi connectivity index (χ1) is 10.3. The van der Waals surface area contributed by atoms with E-state index in [1.807, 2.05) is 44.2 Å². The molecule has 108 valence electrons. The topological polar surface area (TPSA) is 57.0 Å². The molecule has 0 saturated carbocycles. The Balaban J connectivity index is 0.000000774. The average molecular weight is 283 g/mol. The van der Waals surface area contributed by atoms with E-state index >= 15 is 0 Å². The molecule has 0 aliphatic rings. The molecule has 0 amide bonds. The highest BCUT2D eigenvalue weighted by atomic mass is 16.5. The molecule has 0 aliphatic carbocycles. The van der Waals surface area contributed by atoms with Gasteiger partial charge in [-0.3, -0.25) is 4.98 Å². The molecule has 0 aliphatic heterocycles. The Hall–Kier alpha value is -2.69. The van der Waals surface area contributed by atoms with Gasteiger partial charge >= 0.3 is 5.97 Å². The van der Waals surface area contributed by atoms with E-state index in [0.29, 0.717) is 5.56 Å². The number of fused-ring (bicyclic) bond motifs is 1. The second-order valence-corrected chi connectivity index (χ2v) is 4.01. The number of esters is 1. The zero-order valence-electron chi connectivity index (χ0n) is 12.3. The van der Waals surface area contributed by atoms with Crippen LogP contribution in [-0.2, 0) is 4.74 Å². The van der Waals surface area contributed by atoms with Crippen LogP contribution in [0.2, 0.25) is 0 Å². The second-order valence-electron chi connectivity index (χ2n) is 4.01. The summed E-state index contributed by atoms with van der Waals surface area (Å²) in [6.45, 7) is 4.00. The van der Waals surface area contributed by atoms with Crippen LogP contribution in [-0.4, -0.2) is 27.8 Å². The maximum absolute atomic E-state index is 11.4. The molecule has 21 heavy (non-hydrogen) atoms. The fraction of sp³-hybridized carbons (Fsp3) is 0.188. The standard InChI is InChI=1S/C14H11N3O2.C2H6/c1-19-14(18)10-8-16-17(9-10)13-6-7-15-12-5-3-2-4-11(12)13;1-2/h2-9H,1H3;1-2H3. The van der Waals surface area contributed by atoms with Gasteiger partial charge in [0, 0.05) is 17.8 Å². The quantitative estimate of drug-likeness (QED) is 0.677. The van der Waals surface area contributed by atoms with Crippen LogP contribution in [0, 0.1) is 0 Å². The lowest BCUT2D eigenvalue weighted by Gasteiger charge is -2.05. The number of nitrogens with zero attached hydrogens (tertiary/aromatic N) is 3. The lowest BCUT2D eigenvalue weighted by molar-refractivity contribution is 0.0600. The summed E-state index contributed by atoms with van der Waals surface area (Å²) in [4.78, 5) is 15.7. The number of carbonyl (C=O) groups is 1. The number of pyridine rings is 1. The van der Waals surface area contributed by atoms with E-state index < -0.39 is 5.97 Å². The number of benzene rings is 1. The Morgan fingerprint density at radius 3 is 2.71 bits per heavy atom. The minimum Gasteiger partial charge on any atom is -0.465 e. The van der Waals surface area contributed by atoms with Crippen LogP contribution >= 0.6 is 0 Å². The Morgan fingerprint density at radius 1 is 1.19 bits per heavy atom. The van der Waals surface area contributed by atoms with Crippen molar-refractivity contribution in [2.45, 2.75) is 13.8 Å². The molecular weight excluding hydrogens is 266 g/mol. The van der Waals surface area contributed by atoms with Crippen molar-refractivity contribution in [3.8, 4) is 5.69 Å². The molecular formula is C16H17N3O2. The summed E-state index contributed by atoms with van der Waals surface area (Å²) >= 11 is 0. The van der Waals surface area contributed by atoms with Gasteiger partial charge in [0.2, 0.25) is 0 Å². The molecule has 0 fully saturated rings. The highest BCUT2D eigenvalue weighted by molar-refractivity contribution is 5.90. The molecule has 0 spiro atoms. The Morgan fingerprint density at radius 2 is 1.95 bits per heavy atom. The Kier molecular flexibility index (Phi) is 4.66. The van der Waals surface area contributed by atoms with E-state index in [1.54, 1.807) is 17.1 Å². The van der Waals surface area contributed by atoms with Crippen molar-refractivity contribution in [2.24, 2.45) is 0 Å². The molecule has 3 rings (SSSR count). The highest BCUT2D eigenvalue weighted by Gasteiger charge is 2.10. The largest absolute Gasteiger partial charge is 0.465 e. The molecule has 2 aromatic heterocycles. The maximum atomic E-state index is 11.4. The smallest absolute Gasteiger partial charge is 0.341 e. The van der Waals surface area contributed by atoms with Crippen molar-refractivity contribution < 1.29 is 9.53 Å². The summed E-state index contributed by atoms with van der Waals surface area (Å²) in [5.74, 6) is -0.399. The number of aromatic nitrogens is 3. The SMILES string of the molecule is CC.COC(=O)c1cnn(-c2ccnc3ccccc23)c1. The van der Waals surface area contributed by atoms with Crippen LogP contribution in [0.15, 0.2) is 48.9 Å². The molecule has 2 heterocycles. The van der Waals surface area contributed by atoms with Crippen molar-refractivity contribution in [3.63, 3.8) is 0 Å². The third-order valence-electron chi connectivity index (χ3n) is 2.88. The van der Waals surface area contributed by atoms with Crippen LogP contribution < -0.4 is 0 Å². The molecule has 0 saturated heterocycles. The van der Waals surface area contributed by atoms with E-state index in [9.17, 15) is 4.79 Å². The Bertz CT molecular complexity index is 745. The number of para-hydroxylation sites is 1. The third-order valence-corrected chi connectivity index (χ3v) is 2.88. The molecule has 5 nitrogen and oxygen atoms in total. The van der Waals surface area contributed by atoms with Gasteiger partial charge in [0.15, 0.2) is 0 Å². The number of hydrogen-bond acceptors (Lipinski definition) is 4. The van der Waals surface area contributed by atoms with Crippen LogP contribution in [0.4, 0.5) is 0 Å².